The largest absolute Gasteiger partial charge is 0.325 e. The molecule has 2 nitrogen and oxygen atoms in total. The fraction of sp³-hybridized carbons (Fsp3) is 0.417. The molecule has 2 heteroatoms. The highest BCUT2D eigenvalue weighted by Crippen LogP contribution is 2.30. The van der Waals surface area contributed by atoms with Gasteiger partial charge in [0.05, 0.1) is 0 Å². The summed E-state index contributed by atoms with van der Waals surface area (Å²) < 4.78 is 0. The topological polar surface area (TPSA) is 29.1 Å². The fourth-order valence-electron chi connectivity index (χ4n) is 1.95. The number of carbonyl (C=O) groups is 1. The van der Waals surface area contributed by atoms with E-state index in [4.69, 9.17) is 0 Å². The Bertz CT molecular complexity index is 396. The Balaban J connectivity index is 2.55. The van der Waals surface area contributed by atoms with Gasteiger partial charge in [0, 0.05) is 11.6 Å². The number of carbonyl (C=O) groups excluding carboxylic acids is 1. The average Bonchev–Trinajstić information content (AvgIpc) is 2.15. The first kappa shape index (κ1) is 9.25. The molecule has 0 saturated heterocycles. The maximum Gasteiger partial charge on any atom is 0.227 e. The molecule has 0 bridgehead atoms. The lowest BCUT2D eigenvalue weighted by Crippen LogP contribution is -2.28. The van der Waals surface area contributed by atoms with Crippen LogP contribution in [-0.2, 0) is 11.2 Å². The Morgan fingerprint density at radius 1 is 1.29 bits per heavy atom. The van der Waals surface area contributed by atoms with E-state index >= 15 is 0 Å². The van der Waals surface area contributed by atoms with Gasteiger partial charge in [-0.2, -0.15) is 0 Å². The van der Waals surface area contributed by atoms with Crippen molar-refractivity contribution in [3.63, 3.8) is 0 Å². The standard InChI is InChI=1S/C12H15NO/c1-7-4-5-8(2)11-10(7)6-9(3)12(14)13-11/h4-5,9H,6H2,1-3H3,(H,13,14). The van der Waals surface area contributed by atoms with Crippen LogP contribution in [0.4, 0.5) is 5.69 Å². The molecule has 0 spiro atoms. The molecule has 1 aromatic rings. The molecule has 0 fully saturated rings. The third-order valence-corrected chi connectivity index (χ3v) is 2.96. The molecule has 74 valence electrons. The summed E-state index contributed by atoms with van der Waals surface area (Å²) in [6, 6.07) is 4.18. The van der Waals surface area contributed by atoms with Crippen LogP contribution in [0.25, 0.3) is 0 Å². The SMILES string of the molecule is Cc1ccc(C)c2c1CC(C)C(=O)N2. The summed E-state index contributed by atoms with van der Waals surface area (Å²) in [6.07, 6.45) is 0.870. The van der Waals surface area contributed by atoms with Gasteiger partial charge in [0.2, 0.25) is 5.91 Å². The molecule has 1 aromatic carbocycles. The summed E-state index contributed by atoms with van der Waals surface area (Å²) in [5.41, 5.74) is 4.77. The van der Waals surface area contributed by atoms with Gasteiger partial charge in [-0.1, -0.05) is 19.1 Å². The van der Waals surface area contributed by atoms with Crippen molar-refractivity contribution in [2.24, 2.45) is 5.92 Å². The molecule has 0 aliphatic carbocycles. The second-order valence-corrected chi connectivity index (χ2v) is 4.15. The number of hydrogen-bond acceptors (Lipinski definition) is 1. The Labute approximate surface area is 84.3 Å². The highest BCUT2D eigenvalue weighted by molar-refractivity contribution is 5.96. The summed E-state index contributed by atoms with van der Waals surface area (Å²) in [5.74, 6) is 0.245. The summed E-state index contributed by atoms with van der Waals surface area (Å²) in [4.78, 5) is 11.5. The van der Waals surface area contributed by atoms with Crippen LogP contribution in [0.2, 0.25) is 0 Å². The van der Waals surface area contributed by atoms with Crippen molar-refractivity contribution in [3.05, 3.63) is 28.8 Å². The van der Waals surface area contributed by atoms with Crippen molar-refractivity contribution >= 4 is 11.6 Å². The van der Waals surface area contributed by atoms with E-state index in [1.54, 1.807) is 0 Å². The van der Waals surface area contributed by atoms with Crippen molar-refractivity contribution in [1.29, 1.82) is 0 Å². The van der Waals surface area contributed by atoms with Crippen LogP contribution in [0.3, 0.4) is 0 Å². The smallest absolute Gasteiger partial charge is 0.227 e. The molecular weight excluding hydrogens is 174 g/mol. The molecule has 0 saturated carbocycles. The van der Waals surface area contributed by atoms with Crippen LogP contribution in [-0.4, -0.2) is 5.91 Å². The maximum absolute atomic E-state index is 11.5. The molecule has 1 aliphatic rings. The molecule has 14 heavy (non-hydrogen) atoms. The van der Waals surface area contributed by atoms with E-state index in [2.05, 4.69) is 24.4 Å². The van der Waals surface area contributed by atoms with Crippen molar-refractivity contribution in [1.82, 2.24) is 0 Å². The molecule has 1 atom stereocenters. The number of benzene rings is 1. The van der Waals surface area contributed by atoms with E-state index in [1.807, 2.05) is 13.8 Å². The van der Waals surface area contributed by atoms with E-state index in [0.717, 1.165) is 17.7 Å². The second-order valence-electron chi connectivity index (χ2n) is 4.15. The summed E-state index contributed by atoms with van der Waals surface area (Å²) in [6.45, 7) is 6.11. The van der Waals surface area contributed by atoms with E-state index in [9.17, 15) is 4.79 Å². The van der Waals surface area contributed by atoms with Gasteiger partial charge < -0.3 is 5.32 Å². The van der Waals surface area contributed by atoms with Crippen LogP contribution in [0.1, 0.15) is 23.6 Å². The molecule has 0 radical (unpaired) electrons. The molecule has 1 amide bonds. The van der Waals surface area contributed by atoms with Gasteiger partial charge in [0.25, 0.3) is 0 Å². The molecule has 1 aliphatic heterocycles. The van der Waals surface area contributed by atoms with E-state index in [1.165, 1.54) is 11.1 Å². The van der Waals surface area contributed by atoms with Gasteiger partial charge in [-0.3, -0.25) is 4.79 Å². The number of fused-ring (bicyclic) bond motifs is 1. The Morgan fingerprint density at radius 3 is 2.64 bits per heavy atom. The third kappa shape index (κ3) is 1.31. The quantitative estimate of drug-likeness (QED) is 0.667. The van der Waals surface area contributed by atoms with Gasteiger partial charge in [-0.25, -0.2) is 0 Å². The monoisotopic (exact) mass is 189 g/mol. The molecule has 1 unspecified atom stereocenters. The van der Waals surface area contributed by atoms with Gasteiger partial charge in [0.1, 0.15) is 0 Å². The summed E-state index contributed by atoms with van der Waals surface area (Å²) in [7, 11) is 0. The minimum atomic E-state index is 0.1000. The minimum absolute atomic E-state index is 0.1000. The first-order valence-corrected chi connectivity index (χ1v) is 4.99. The lowest BCUT2D eigenvalue weighted by Gasteiger charge is -2.25. The predicted molar refractivity (Wildman–Crippen MR) is 57.4 cm³/mol. The van der Waals surface area contributed by atoms with Crippen molar-refractivity contribution in [3.8, 4) is 0 Å². The summed E-state index contributed by atoms with van der Waals surface area (Å²) >= 11 is 0. The zero-order chi connectivity index (χ0) is 10.3. The molecular formula is C12H15NO. The van der Waals surface area contributed by atoms with Gasteiger partial charge >= 0.3 is 0 Å². The van der Waals surface area contributed by atoms with Crippen LogP contribution in [0.15, 0.2) is 12.1 Å². The van der Waals surface area contributed by atoms with Crippen LogP contribution in [0.5, 0.6) is 0 Å². The Kier molecular flexibility index (Phi) is 2.06. The van der Waals surface area contributed by atoms with Crippen molar-refractivity contribution in [2.75, 3.05) is 5.32 Å². The number of nitrogens with one attached hydrogen (secondary N) is 1. The van der Waals surface area contributed by atoms with Crippen LogP contribution in [0, 0.1) is 19.8 Å². The molecule has 0 aromatic heterocycles. The number of aryl methyl sites for hydroxylation is 2. The van der Waals surface area contributed by atoms with Crippen molar-refractivity contribution in [2.45, 2.75) is 27.2 Å². The second kappa shape index (κ2) is 3.12. The highest BCUT2D eigenvalue weighted by atomic mass is 16.1. The maximum atomic E-state index is 11.5. The van der Waals surface area contributed by atoms with E-state index < -0.39 is 0 Å². The number of amides is 1. The Morgan fingerprint density at radius 2 is 1.93 bits per heavy atom. The van der Waals surface area contributed by atoms with E-state index in [-0.39, 0.29) is 11.8 Å². The number of rotatable bonds is 0. The predicted octanol–water partition coefficient (Wildman–Crippen LogP) is 2.43. The van der Waals surface area contributed by atoms with E-state index in [0.29, 0.717) is 0 Å². The molecule has 1 heterocycles. The zero-order valence-electron chi connectivity index (χ0n) is 8.85. The van der Waals surface area contributed by atoms with Gasteiger partial charge in [0.15, 0.2) is 0 Å². The Hall–Kier alpha value is -1.31. The third-order valence-electron chi connectivity index (χ3n) is 2.96. The van der Waals surface area contributed by atoms with Gasteiger partial charge in [-0.05, 0) is 37.0 Å². The number of hydrogen-bond donors (Lipinski definition) is 1. The van der Waals surface area contributed by atoms with Crippen molar-refractivity contribution < 1.29 is 4.79 Å². The normalized spacial score (nSPS) is 20.2. The zero-order valence-corrected chi connectivity index (χ0v) is 8.85. The first-order valence-electron chi connectivity index (χ1n) is 4.99. The summed E-state index contributed by atoms with van der Waals surface area (Å²) in [5, 5.41) is 2.98. The highest BCUT2D eigenvalue weighted by Gasteiger charge is 2.24. The number of anilines is 1. The van der Waals surface area contributed by atoms with Gasteiger partial charge in [-0.15, -0.1) is 0 Å². The molecule has 2 rings (SSSR count). The lowest BCUT2D eigenvalue weighted by molar-refractivity contribution is -0.119. The van der Waals surface area contributed by atoms with Crippen LogP contribution >= 0.6 is 0 Å². The first-order chi connectivity index (χ1) is 6.59. The fourth-order valence-corrected chi connectivity index (χ4v) is 1.95. The molecule has 1 N–H and O–H groups in total. The average molecular weight is 189 g/mol. The lowest BCUT2D eigenvalue weighted by atomic mass is 9.90. The van der Waals surface area contributed by atoms with Crippen LogP contribution < -0.4 is 5.32 Å². The minimum Gasteiger partial charge on any atom is -0.325 e.